The van der Waals surface area contributed by atoms with E-state index in [1.807, 2.05) is 19.9 Å². The molecule has 0 spiro atoms. The summed E-state index contributed by atoms with van der Waals surface area (Å²) in [7, 11) is -2.68. The summed E-state index contributed by atoms with van der Waals surface area (Å²) in [5.74, 6) is 0.700. The number of rotatable bonds is 4. The third-order valence-corrected chi connectivity index (χ3v) is 3.95. The number of nitrogens with zero attached hydrogens (tertiary/aromatic N) is 2. The van der Waals surface area contributed by atoms with Crippen molar-refractivity contribution < 1.29 is 17.7 Å². The van der Waals surface area contributed by atoms with Crippen LogP contribution in [0.15, 0.2) is 51.5 Å². The van der Waals surface area contributed by atoms with Crippen LogP contribution in [-0.4, -0.2) is 20.1 Å². The summed E-state index contributed by atoms with van der Waals surface area (Å²) in [5.41, 5.74) is 2.87. The predicted octanol–water partition coefficient (Wildman–Crippen LogP) is 4.61. The van der Waals surface area contributed by atoms with Crippen molar-refractivity contribution in [2.45, 2.75) is 26.2 Å². The third-order valence-electron chi connectivity index (χ3n) is 3.10. The molecule has 0 aliphatic carbocycles. The molecular weight excluding hydrogens is 316 g/mol. The topological polar surface area (TPSA) is 88.3 Å². The molecule has 0 aliphatic rings. The van der Waals surface area contributed by atoms with Crippen LogP contribution in [0, 0.1) is 13.8 Å². The molecule has 0 saturated heterocycles. The van der Waals surface area contributed by atoms with E-state index >= 15 is 0 Å². The summed E-state index contributed by atoms with van der Waals surface area (Å²) in [6.07, 6.45) is 0. The fourth-order valence-corrected chi connectivity index (χ4v) is 2.49. The smallest absolute Gasteiger partial charge is 0.294 e. The summed E-state index contributed by atoms with van der Waals surface area (Å²) < 4.78 is 36.5. The zero-order chi connectivity index (χ0) is 16.3. The van der Waals surface area contributed by atoms with Crippen LogP contribution in [0.1, 0.15) is 18.6 Å². The number of aryl methyl sites for hydroxylation is 2. The van der Waals surface area contributed by atoms with Crippen LogP contribution in [-0.2, 0) is 10.1 Å². The van der Waals surface area contributed by atoms with Crippen molar-refractivity contribution in [2.24, 2.45) is 10.2 Å². The van der Waals surface area contributed by atoms with Crippen LogP contribution in [0.2, 0.25) is 0 Å². The second-order valence-corrected chi connectivity index (χ2v) is 6.20. The molecule has 0 aliphatic heterocycles. The molecule has 2 rings (SSSR count). The van der Waals surface area contributed by atoms with Gasteiger partial charge in [0.05, 0.1) is 23.4 Å². The fourth-order valence-electron chi connectivity index (χ4n) is 1.97. The molecule has 2 aromatic carbocycles. The lowest BCUT2D eigenvalue weighted by Gasteiger charge is -2.07. The van der Waals surface area contributed by atoms with Crippen molar-refractivity contribution in [1.29, 1.82) is 0 Å². The molecule has 0 unspecified atom stereocenters. The minimum Gasteiger partial charge on any atom is -0.496 e. The number of methoxy groups -OCH3 is 1. The first-order valence-electron chi connectivity index (χ1n) is 6.46. The number of benzene rings is 2. The standard InChI is InChI=1S/C15H16N2O4S.CH4/c1-10-7-11(2)15(21-3)9-14(10)17-16-12-5-4-6-13(8-12)22(18,19)20;/h4-9H,1-3H3,(H,18,19,20);1H4. The molecule has 2 aromatic rings. The van der Waals surface area contributed by atoms with Gasteiger partial charge in [0.15, 0.2) is 0 Å². The molecule has 0 bridgehead atoms. The first kappa shape index (κ1) is 18.8. The molecule has 1 N–H and O–H groups in total. The Kier molecular flexibility index (Phi) is 6.00. The van der Waals surface area contributed by atoms with Crippen molar-refractivity contribution in [1.82, 2.24) is 0 Å². The number of hydrogen-bond acceptors (Lipinski definition) is 5. The molecule has 23 heavy (non-hydrogen) atoms. The van der Waals surface area contributed by atoms with Crippen molar-refractivity contribution in [3.63, 3.8) is 0 Å². The number of azo groups is 1. The highest BCUT2D eigenvalue weighted by molar-refractivity contribution is 7.85. The molecule has 7 heteroatoms. The molecule has 0 heterocycles. The second kappa shape index (κ2) is 7.34. The number of ether oxygens (including phenoxy) is 1. The van der Waals surface area contributed by atoms with E-state index in [0.29, 0.717) is 17.1 Å². The van der Waals surface area contributed by atoms with Gasteiger partial charge in [0, 0.05) is 6.07 Å². The number of hydrogen-bond donors (Lipinski definition) is 1. The highest BCUT2D eigenvalue weighted by Gasteiger charge is 2.09. The fraction of sp³-hybridized carbons (Fsp3) is 0.250. The van der Waals surface area contributed by atoms with Crippen molar-refractivity contribution in [3.8, 4) is 5.75 Å². The highest BCUT2D eigenvalue weighted by Crippen LogP contribution is 2.30. The van der Waals surface area contributed by atoms with Gasteiger partial charge in [-0.1, -0.05) is 19.6 Å². The van der Waals surface area contributed by atoms with Gasteiger partial charge in [0.1, 0.15) is 5.75 Å². The zero-order valence-corrected chi connectivity index (χ0v) is 13.3. The summed E-state index contributed by atoms with van der Waals surface area (Å²) in [6.45, 7) is 3.83. The maximum absolute atomic E-state index is 11.1. The average Bonchev–Trinajstić information content (AvgIpc) is 2.46. The molecule has 0 aromatic heterocycles. The highest BCUT2D eigenvalue weighted by atomic mass is 32.2. The van der Waals surface area contributed by atoms with Crippen molar-refractivity contribution >= 4 is 21.5 Å². The Hall–Kier alpha value is -2.25. The van der Waals surface area contributed by atoms with Gasteiger partial charge in [-0.3, -0.25) is 4.55 Å². The molecule has 0 fully saturated rings. The van der Waals surface area contributed by atoms with Crippen LogP contribution < -0.4 is 4.74 Å². The van der Waals surface area contributed by atoms with E-state index in [1.54, 1.807) is 19.2 Å². The van der Waals surface area contributed by atoms with Gasteiger partial charge in [-0.25, -0.2) is 0 Å². The Bertz CT molecular complexity index is 830. The molecular formula is C16H20N2O4S. The van der Waals surface area contributed by atoms with E-state index < -0.39 is 10.1 Å². The van der Waals surface area contributed by atoms with E-state index in [2.05, 4.69) is 10.2 Å². The summed E-state index contributed by atoms with van der Waals surface area (Å²) in [5, 5.41) is 8.13. The summed E-state index contributed by atoms with van der Waals surface area (Å²) >= 11 is 0. The first-order chi connectivity index (χ1) is 10.3. The lowest BCUT2D eigenvalue weighted by atomic mass is 10.1. The van der Waals surface area contributed by atoms with Gasteiger partial charge in [-0.15, -0.1) is 0 Å². The van der Waals surface area contributed by atoms with Gasteiger partial charge in [-0.05, 0) is 43.2 Å². The summed E-state index contributed by atoms with van der Waals surface area (Å²) in [6, 6.07) is 9.32. The second-order valence-electron chi connectivity index (χ2n) is 4.78. The van der Waals surface area contributed by atoms with Gasteiger partial charge in [0.2, 0.25) is 0 Å². The Morgan fingerprint density at radius 3 is 2.35 bits per heavy atom. The molecule has 0 radical (unpaired) electrons. The Balaban J connectivity index is 0.00000264. The van der Waals surface area contributed by atoms with Crippen LogP contribution in [0.25, 0.3) is 0 Å². The SMILES string of the molecule is C.COc1cc(N=Nc2cccc(S(=O)(=O)O)c2)c(C)cc1C. The zero-order valence-electron chi connectivity index (χ0n) is 12.4. The maximum atomic E-state index is 11.1. The van der Waals surface area contributed by atoms with E-state index in [4.69, 9.17) is 9.29 Å². The molecule has 0 amide bonds. The molecule has 0 atom stereocenters. The lowest BCUT2D eigenvalue weighted by molar-refractivity contribution is 0.411. The van der Waals surface area contributed by atoms with Crippen LogP contribution in [0.3, 0.4) is 0 Å². The Morgan fingerprint density at radius 1 is 1.04 bits per heavy atom. The van der Waals surface area contributed by atoms with Crippen molar-refractivity contribution in [2.75, 3.05) is 7.11 Å². The Labute approximate surface area is 136 Å². The maximum Gasteiger partial charge on any atom is 0.294 e. The monoisotopic (exact) mass is 336 g/mol. The largest absolute Gasteiger partial charge is 0.496 e. The minimum atomic E-state index is -4.25. The third kappa shape index (κ3) is 4.61. The van der Waals surface area contributed by atoms with Crippen molar-refractivity contribution in [3.05, 3.63) is 47.5 Å². The van der Waals surface area contributed by atoms with Gasteiger partial charge < -0.3 is 4.74 Å². The quantitative estimate of drug-likeness (QED) is 0.652. The van der Waals surface area contributed by atoms with Gasteiger partial charge in [0.25, 0.3) is 10.1 Å². The average molecular weight is 336 g/mol. The predicted molar refractivity (Wildman–Crippen MR) is 89.6 cm³/mol. The lowest BCUT2D eigenvalue weighted by Crippen LogP contribution is -1.96. The van der Waals surface area contributed by atoms with Crippen LogP contribution in [0.5, 0.6) is 5.75 Å². The first-order valence-corrected chi connectivity index (χ1v) is 7.90. The molecule has 124 valence electrons. The Morgan fingerprint density at radius 2 is 1.74 bits per heavy atom. The molecule has 6 nitrogen and oxygen atoms in total. The van der Waals surface area contributed by atoms with E-state index in [9.17, 15) is 8.42 Å². The van der Waals surface area contributed by atoms with E-state index in [1.165, 1.54) is 18.2 Å². The summed E-state index contributed by atoms with van der Waals surface area (Å²) in [4.78, 5) is -0.220. The van der Waals surface area contributed by atoms with E-state index in [-0.39, 0.29) is 12.3 Å². The van der Waals surface area contributed by atoms with E-state index in [0.717, 1.165) is 11.1 Å². The molecule has 0 saturated carbocycles. The normalized spacial score (nSPS) is 11.3. The minimum absolute atomic E-state index is 0. The van der Waals surface area contributed by atoms with Gasteiger partial charge >= 0.3 is 0 Å². The van der Waals surface area contributed by atoms with Gasteiger partial charge in [-0.2, -0.15) is 18.6 Å². The van der Waals surface area contributed by atoms with Crippen LogP contribution in [0.4, 0.5) is 11.4 Å². The van der Waals surface area contributed by atoms with Crippen LogP contribution >= 0.6 is 0 Å².